The third-order valence-electron chi connectivity index (χ3n) is 4.82. The molecule has 0 aromatic rings. The van der Waals surface area contributed by atoms with Crippen molar-refractivity contribution in [2.24, 2.45) is 0 Å². The van der Waals surface area contributed by atoms with Gasteiger partial charge in [0.05, 0.1) is 0 Å². The fourth-order valence-corrected chi connectivity index (χ4v) is 5.46. The molecule has 0 aliphatic rings. The lowest BCUT2D eigenvalue weighted by molar-refractivity contribution is 0.307. The zero-order valence-corrected chi connectivity index (χ0v) is 20.3. The Labute approximate surface area is 175 Å². The molecule has 0 aliphatic heterocycles. The van der Waals surface area contributed by atoms with Crippen LogP contribution in [0.15, 0.2) is 46.6 Å². The molecule has 0 bridgehead atoms. The molecule has 0 amide bonds. The molecule has 0 aromatic heterocycles. The van der Waals surface area contributed by atoms with Crippen molar-refractivity contribution >= 4 is 15.2 Å². The van der Waals surface area contributed by atoms with Crippen molar-refractivity contribution in [2.75, 3.05) is 0 Å². The van der Waals surface area contributed by atoms with Crippen LogP contribution < -0.4 is 0 Å². The molecule has 0 aromatic carbocycles. The van der Waals surface area contributed by atoms with E-state index in [4.69, 9.17) is 0 Å². The second kappa shape index (κ2) is 12.2. The quantitative estimate of drug-likeness (QED) is 0.209. The summed E-state index contributed by atoms with van der Waals surface area (Å²) in [7, 11) is -10.2. The minimum atomic E-state index is -5.10. The topological polar surface area (TPSA) is 115 Å². The van der Waals surface area contributed by atoms with Gasteiger partial charge < -0.3 is 19.6 Å². The number of hydrogen-bond donors (Lipinski definition) is 4. The highest BCUT2D eigenvalue weighted by Gasteiger charge is 2.58. The lowest BCUT2D eigenvalue weighted by Crippen LogP contribution is -2.28. The van der Waals surface area contributed by atoms with Crippen LogP contribution in [-0.2, 0) is 9.13 Å². The molecule has 0 atom stereocenters. The summed E-state index contributed by atoms with van der Waals surface area (Å²) in [5.74, 6) is 0. The van der Waals surface area contributed by atoms with Gasteiger partial charge in [-0.05, 0) is 80.1 Å². The summed E-state index contributed by atoms with van der Waals surface area (Å²) < 4.78 is 24.5. The van der Waals surface area contributed by atoms with Crippen molar-refractivity contribution in [3.8, 4) is 0 Å². The first-order valence-corrected chi connectivity index (χ1v) is 13.0. The average molecular weight is 448 g/mol. The van der Waals surface area contributed by atoms with Gasteiger partial charge in [-0.25, -0.2) is 0 Å². The first-order chi connectivity index (χ1) is 13.1. The largest absolute Gasteiger partial charge is 0.344 e. The van der Waals surface area contributed by atoms with Crippen molar-refractivity contribution in [3.05, 3.63) is 46.6 Å². The standard InChI is InChI=1S/C21H38O6P2/c1-17(2)9-7-11-19(5)13-15-21(28(22,23)24,29(25,26)27)16-14-20(6)12-8-10-18(3)4/h9-10,13-14H,7-8,11-12,15-16H2,1-6H3,(H2,22,23,24)(H2,25,26,27)/b19-13+,20-14?. The van der Waals surface area contributed by atoms with E-state index in [9.17, 15) is 28.7 Å². The Morgan fingerprint density at radius 2 is 0.966 bits per heavy atom. The van der Waals surface area contributed by atoms with Gasteiger partial charge in [-0.1, -0.05) is 46.6 Å². The van der Waals surface area contributed by atoms with Crippen LogP contribution in [0.5, 0.6) is 0 Å². The monoisotopic (exact) mass is 448 g/mol. The van der Waals surface area contributed by atoms with E-state index in [0.29, 0.717) is 12.8 Å². The molecule has 0 unspecified atom stereocenters. The average Bonchev–Trinajstić information content (AvgIpc) is 2.51. The lowest BCUT2D eigenvalue weighted by atomic mass is 10.1. The van der Waals surface area contributed by atoms with Crippen LogP contribution in [-0.4, -0.2) is 24.5 Å². The van der Waals surface area contributed by atoms with E-state index in [1.165, 1.54) is 11.1 Å². The van der Waals surface area contributed by atoms with Gasteiger partial charge >= 0.3 is 15.2 Å². The maximum atomic E-state index is 12.3. The zero-order chi connectivity index (χ0) is 22.9. The number of rotatable bonds is 12. The highest BCUT2D eigenvalue weighted by molar-refractivity contribution is 7.72. The fraction of sp³-hybridized carbons (Fsp3) is 0.619. The van der Waals surface area contributed by atoms with E-state index in [2.05, 4.69) is 12.2 Å². The predicted molar refractivity (Wildman–Crippen MR) is 121 cm³/mol. The Morgan fingerprint density at radius 3 is 1.21 bits per heavy atom. The fourth-order valence-electron chi connectivity index (χ4n) is 2.79. The molecular weight excluding hydrogens is 410 g/mol. The minimum Gasteiger partial charge on any atom is -0.324 e. The summed E-state index contributed by atoms with van der Waals surface area (Å²) in [4.78, 5) is 37.3. The van der Waals surface area contributed by atoms with E-state index < -0.39 is 20.1 Å². The van der Waals surface area contributed by atoms with Crippen LogP contribution in [0.3, 0.4) is 0 Å². The Morgan fingerprint density at radius 1 is 0.655 bits per heavy atom. The molecule has 8 heteroatoms. The Kier molecular flexibility index (Phi) is 11.9. The Hall–Kier alpha value is -0.740. The van der Waals surface area contributed by atoms with Crippen LogP contribution in [0.2, 0.25) is 0 Å². The molecule has 0 heterocycles. The van der Waals surface area contributed by atoms with Crippen molar-refractivity contribution in [1.29, 1.82) is 0 Å². The summed E-state index contributed by atoms with van der Waals surface area (Å²) in [6.45, 7) is 11.6. The molecule has 4 N–H and O–H groups in total. The van der Waals surface area contributed by atoms with Gasteiger partial charge in [-0.2, -0.15) is 0 Å². The molecule has 0 spiro atoms. The maximum absolute atomic E-state index is 12.3. The summed E-state index contributed by atoms with van der Waals surface area (Å²) >= 11 is 0. The summed E-state index contributed by atoms with van der Waals surface area (Å²) in [5, 5.41) is 0. The number of allylic oxidation sites excluding steroid dienone is 8. The minimum absolute atomic E-state index is 0.375. The van der Waals surface area contributed by atoms with Crippen LogP contribution in [0.4, 0.5) is 0 Å². The molecule has 0 rings (SSSR count). The first kappa shape index (κ1) is 28.3. The predicted octanol–water partition coefficient (Wildman–Crippen LogP) is 6.20. The smallest absolute Gasteiger partial charge is 0.324 e. The van der Waals surface area contributed by atoms with Crippen LogP contribution in [0.1, 0.15) is 80.1 Å². The van der Waals surface area contributed by atoms with Crippen molar-refractivity contribution in [1.82, 2.24) is 0 Å². The van der Waals surface area contributed by atoms with E-state index >= 15 is 0 Å². The Balaban J connectivity index is 5.69. The van der Waals surface area contributed by atoms with Gasteiger partial charge in [0.2, 0.25) is 0 Å². The van der Waals surface area contributed by atoms with Crippen LogP contribution in [0, 0.1) is 0 Å². The van der Waals surface area contributed by atoms with Crippen molar-refractivity contribution in [2.45, 2.75) is 85.0 Å². The van der Waals surface area contributed by atoms with Crippen LogP contribution in [0.25, 0.3) is 0 Å². The zero-order valence-electron chi connectivity index (χ0n) is 18.6. The molecule has 168 valence electrons. The second-order valence-electron chi connectivity index (χ2n) is 8.22. The highest BCUT2D eigenvalue weighted by atomic mass is 31.2. The van der Waals surface area contributed by atoms with Crippen molar-refractivity contribution in [3.63, 3.8) is 0 Å². The van der Waals surface area contributed by atoms with Gasteiger partial charge in [-0.3, -0.25) is 9.13 Å². The van der Waals surface area contributed by atoms with E-state index in [-0.39, 0.29) is 12.8 Å². The van der Waals surface area contributed by atoms with E-state index in [1.807, 2.05) is 41.5 Å². The molecule has 0 saturated carbocycles. The van der Waals surface area contributed by atoms with Gasteiger partial charge in [0.1, 0.15) is 0 Å². The third-order valence-corrected chi connectivity index (χ3v) is 9.28. The molecule has 0 aliphatic carbocycles. The first-order valence-electron chi connectivity index (χ1n) is 9.81. The van der Waals surface area contributed by atoms with Crippen LogP contribution >= 0.6 is 15.2 Å². The van der Waals surface area contributed by atoms with E-state index in [1.54, 1.807) is 12.2 Å². The molecule has 6 nitrogen and oxygen atoms in total. The SMILES string of the molecule is CC(C)=CCCC(C)=CCC(C/C=C(\C)CCC=C(C)C)(P(=O)(O)O)P(=O)(O)O. The highest BCUT2D eigenvalue weighted by Crippen LogP contribution is 2.72. The molecular formula is C21H38O6P2. The van der Waals surface area contributed by atoms with Gasteiger partial charge in [0, 0.05) is 0 Å². The van der Waals surface area contributed by atoms with Crippen molar-refractivity contribution < 1.29 is 28.7 Å². The summed E-state index contributed by atoms with van der Waals surface area (Å²) in [5.41, 5.74) is 4.04. The second-order valence-corrected chi connectivity index (χ2v) is 12.5. The summed E-state index contributed by atoms with van der Waals surface area (Å²) in [6, 6.07) is 0. The van der Waals surface area contributed by atoms with Gasteiger partial charge in [-0.15, -0.1) is 0 Å². The molecule has 0 saturated heterocycles. The number of hydrogen-bond acceptors (Lipinski definition) is 2. The third kappa shape index (κ3) is 10.2. The van der Waals surface area contributed by atoms with E-state index in [0.717, 1.165) is 24.0 Å². The van der Waals surface area contributed by atoms with Gasteiger partial charge in [0.25, 0.3) is 0 Å². The molecule has 0 radical (unpaired) electrons. The molecule has 29 heavy (non-hydrogen) atoms. The van der Waals surface area contributed by atoms with Gasteiger partial charge in [0.15, 0.2) is 4.90 Å². The normalized spacial score (nSPS) is 14.0. The Bertz CT molecular complexity index is 677. The summed E-state index contributed by atoms with van der Waals surface area (Å²) in [6.07, 6.45) is 9.35. The lowest BCUT2D eigenvalue weighted by Gasteiger charge is -2.33. The maximum Gasteiger partial charge on any atom is 0.344 e. The molecule has 0 fully saturated rings.